The maximum Gasteiger partial charge on any atom is 0.160 e. The first-order valence-electron chi connectivity index (χ1n) is 14.5. The average Bonchev–Trinajstić information content (AvgIpc) is 3.48. The predicted molar refractivity (Wildman–Crippen MR) is 177 cm³/mol. The van der Waals surface area contributed by atoms with Gasteiger partial charge in [0.15, 0.2) is 5.82 Å². The minimum Gasteiger partial charge on any atom is -0.292 e. The molecule has 0 radical (unpaired) electrons. The molecule has 0 aliphatic rings. The van der Waals surface area contributed by atoms with Crippen molar-refractivity contribution in [2.75, 3.05) is 0 Å². The third-order valence-corrected chi connectivity index (χ3v) is 8.37. The lowest BCUT2D eigenvalue weighted by Gasteiger charge is -2.14. The van der Waals surface area contributed by atoms with Crippen molar-refractivity contribution in [3.05, 3.63) is 146 Å². The molecule has 200 valence electrons. The Bertz CT molecular complexity index is 2490. The monoisotopic (exact) mass is 548 g/mol. The summed E-state index contributed by atoms with van der Waals surface area (Å²) in [6, 6.07) is 50.8. The van der Waals surface area contributed by atoms with Gasteiger partial charge in [-0.25, -0.2) is 15.0 Å². The zero-order valence-corrected chi connectivity index (χ0v) is 23.1. The summed E-state index contributed by atoms with van der Waals surface area (Å²) in [4.78, 5) is 15.8. The maximum absolute atomic E-state index is 5.31. The molecule has 0 fully saturated rings. The zero-order valence-electron chi connectivity index (χ0n) is 23.1. The van der Waals surface area contributed by atoms with Gasteiger partial charge in [0.1, 0.15) is 5.65 Å². The van der Waals surface area contributed by atoms with Gasteiger partial charge in [-0.3, -0.25) is 4.40 Å². The number of hydrogen-bond donors (Lipinski definition) is 0. The smallest absolute Gasteiger partial charge is 0.160 e. The number of benzene rings is 6. The molecule has 0 saturated heterocycles. The molecule has 0 unspecified atom stereocenters. The van der Waals surface area contributed by atoms with Crippen LogP contribution >= 0.6 is 0 Å². The van der Waals surface area contributed by atoms with E-state index in [1.54, 1.807) is 0 Å². The summed E-state index contributed by atoms with van der Waals surface area (Å²) in [5.74, 6) is 0.700. The molecule has 0 spiro atoms. The lowest BCUT2D eigenvalue weighted by molar-refractivity contribution is 1.22. The fraction of sp³-hybridized carbons (Fsp3) is 0. The molecule has 6 aromatic carbocycles. The van der Waals surface area contributed by atoms with E-state index in [4.69, 9.17) is 15.0 Å². The predicted octanol–water partition coefficient (Wildman–Crippen LogP) is 9.74. The summed E-state index contributed by atoms with van der Waals surface area (Å²) in [7, 11) is 0. The Kier molecular flexibility index (Phi) is 5.16. The average molecular weight is 549 g/mol. The van der Waals surface area contributed by atoms with E-state index in [2.05, 4.69) is 138 Å². The van der Waals surface area contributed by atoms with Crippen molar-refractivity contribution in [2.24, 2.45) is 0 Å². The van der Waals surface area contributed by atoms with E-state index >= 15 is 0 Å². The van der Waals surface area contributed by atoms with Crippen LogP contribution in [0.3, 0.4) is 0 Å². The van der Waals surface area contributed by atoms with Crippen molar-refractivity contribution in [1.82, 2.24) is 19.4 Å². The van der Waals surface area contributed by atoms with Crippen molar-refractivity contribution in [1.29, 1.82) is 0 Å². The van der Waals surface area contributed by atoms with Gasteiger partial charge in [0.2, 0.25) is 0 Å². The van der Waals surface area contributed by atoms with Gasteiger partial charge in [-0.15, -0.1) is 0 Å². The van der Waals surface area contributed by atoms with Crippen LogP contribution in [0.5, 0.6) is 0 Å². The highest BCUT2D eigenvalue weighted by molar-refractivity contribution is 6.16. The fourth-order valence-corrected chi connectivity index (χ4v) is 6.29. The molecule has 43 heavy (non-hydrogen) atoms. The molecule has 3 aromatic heterocycles. The second kappa shape index (κ2) is 9.33. The number of hydrogen-bond acceptors (Lipinski definition) is 3. The van der Waals surface area contributed by atoms with Crippen LogP contribution in [0.2, 0.25) is 0 Å². The van der Waals surface area contributed by atoms with Gasteiger partial charge < -0.3 is 0 Å². The first-order chi connectivity index (χ1) is 21.3. The molecule has 4 nitrogen and oxygen atoms in total. The molecule has 0 amide bonds. The molecule has 0 saturated carbocycles. The Hall–Kier alpha value is -5.87. The molecule has 0 bridgehead atoms. The number of imidazole rings is 1. The Morgan fingerprint density at radius 1 is 0.442 bits per heavy atom. The number of nitrogens with zero attached hydrogens (tertiary/aromatic N) is 4. The van der Waals surface area contributed by atoms with Gasteiger partial charge >= 0.3 is 0 Å². The third-order valence-electron chi connectivity index (χ3n) is 8.37. The van der Waals surface area contributed by atoms with Crippen molar-refractivity contribution in [3.8, 4) is 33.8 Å². The van der Waals surface area contributed by atoms with Crippen LogP contribution in [0.15, 0.2) is 146 Å². The second-order valence-corrected chi connectivity index (χ2v) is 10.9. The van der Waals surface area contributed by atoms with Crippen LogP contribution in [-0.4, -0.2) is 19.4 Å². The first-order valence-corrected chi connectivity index (χ1v) is 14.5. The first kappa shape index (κ1) is 23.8. The molecule has 0 atom stereocenters. The van der Waals surface area contributed by atoms with Crippen molar-refractivity contribution >= 4 is 49.3 Å². The Morgan fingerprint density at radius 2 is 1.09 bits per heavy atom. The van der Waals surface area contributed by atoms with Crippen molar-refractivity contribution in [2.45, 2.75) is 0 Å². The van der Waals surface area contributed by atoms with Gasteiger partial charge in [-0.05, 0) is 46.2 Å². The summed E-state index contributed by atoms with van der Waals surface area (Å²) in [5, 5.41) is 4.38. The highest BCUT2D eigenvalue weighted by Crippen LogP contribution is 2.38. The van der Waals surface area contributed by atoms with Crippen LogP contribution in [0.25, 0.3) is 83.0 Å². The van der Waals surface area contributed by atoms with Crippen LogP contribution in [0, 0.1) is 0 Å². The van der Waals surface area contributed by atoms with E-state index in [-0.39, 0.29) is 0 Å². The van der Waals surface area contributed by atoms with Crippen LogP contribution in [0.4, 0.5) is 0 Å². The summed E-state index contributed by atoms with van der Waals surface area (Å²) < 4.78 is 2.26. The number of pyridine rings is 1. The fourth-order valence-electron chi connectivity index (χ4n) is 6.29. The maximum atomic E-state index is 5.31. The molecular formula is C39H24N4. The lowest BCUT2D eigenvalue weighted by atomic mass is 10.00. The number of aromatic nitrogens is 4. The highest BCUT2D eigenvalue weighted by atomic mass is 15.0. The van der Waals surface area contributed by atoms with Crippen LogP contribution < -0.4 is 0 Å². The van der Waals surface area contributed by atoms with E-state index in [0.29, 0.717) is 5.82 Å². The molecule has 0 aliphatic carbocycles. The minimum absolute atomic E-state index is 0.700. The topological polar surface area (TPSA) is 43.1 Å². The Morgan fingerprint density at radius 3 is 1.95 bits per heavy atom. The van der Waals surface area contributed by atoms with Crippen LogP contribution in [-0.2, 0) is 0 Å². The summed E-state index contributed by atoms with van der Waals surface area (Å²) in [5.41, 5.74) is 10.1. The largest absolute Gasteiger partial charge is 0.292 e. The van der Waals surface area contributed by atoms with Crippen LogP contribution in [0.1, 0.15) is 0 Å². The van der Waals surface area contributed by atoms with E-state index in [1.807, 2.05) is 12.1 Å². The Labute approximate surface area is 247 Å². The second-order valence-electron chi connectivity index (χ2n) is 10.9. The molecular weight excluding hydrogens is 524 g/mol. The molecule has 9 aromatic rings. The lowest BCUT2D eigenvalue weighted by Crippen LogP contribution is -2.00. The van der Waals surface area contributed by atoms with E-state index in [0.717, 1.165) is 60.7 Å². The Balaban J connectivity index is 1.40. The van der Waals surface area contributed by atoms with Gasteiger partial charge in [0, 0.05) is 16.5 Å². The molecule has 0 N–H and O–H groups in total. The summed E-state index contributed by atoms with van der Waals surface area (Å²) >= 11 is 0. The highest BCUT2D eigenvalue weighted by Gasteiger charge is 2.21. The summed E-state index contributed by atoms with van der Waals surface area (Å²) in [6.07, 6.45) is 0. The van der Waals surface area contributed by atoms with Crippen molar-refractivity contribution < 1.29 is 0 Å². The van der Waals surface area contributed by atoms with E-state index in [9.17, 15) is 0 Å². The standard InChI is InChI=1S/C39H24N4/c1-2-10-25(11-3-1)27-18-21-28(22-19-27)36-35-37(42-38(41-36)30-23-20-26-12-4-5-13-29(26)24-30)31-14-6-8-16-33(31)43-34-17-9-7-15-32(34)40-39(35)43/h1-24H. The number of fused-ring (bicyclic) bond motifs is 9. The van der Waals surface area contributed by atoms with Gasteiger partial charge in [-0.2, -0.15) is 0 Å². The molecule has 3 heterocycles. The van der Waals surface area contributed by atoms with Crippen molar-refractivity contribution in [3.63, 3.8) is 0 Å². The van der Waals surface area contributed by atoms with Gasteiger partial charge in [0.25, 0.3) is 0 Å². The van der Waals surface area contributed by atoms with E-state index in [1.165, 1.54) is 16.5 Å². The normalized spacial score (nSPS) is 11.7. The zero-order chi connectivity index (χ0) is 28.3. The molecule has 4 heteroatoms. The van der Waals surface area contributed by atoms with E-state index < -0.39 is 0 Å². The number of rotatable bonds is 3. The molecule has 9 rings (SSSR count). The molecule has 0 aliphatic heterocycles. The minimum atomic E-state index is 0.700. The quantitative estimate of drug-likeness (QED) is 0.206. The number of para-hydroxylation sites is 3. The third kappa shape index (κ3) is 3.74. The van der Waals surface area contributed by atoms with Gasteiger partial charge in [0.05, 0.1) is 33.1 Å². The summed E-state index contributed by atoms with van der Waals surface area (Å²) in [6.45, 7) is 0. The SMILES string of the molecule is c1ccc(-c2ccc(-c3nc(-c4ccc5ccccc5c4)nc4c5ccccc5n5c6ccccc6nc5c34)cc2)cc1. The van der Waals surface area contributed by atoms with Gasteiger partial charge in [-0.1, -0.05) is 121 Å².